The molecule has 0 spiro atoms. The van der Waals surface area contributed by atoms with E-state index in [1.165, 1.54) is 0 Å². The number of rotatable bonds is 4. The van der Waals surface area contributed by atoms with Crippen molar-refractivity contribution < 1.29 is 9.84 Å². The van der Waals surface area contributed by atoms with E-state index in [9.17, 15) is 5.11 Å². The lowest BCUT2D eigenvalue weighted by Gasteiger charge is -2.21. The summed E-state index contributed by atoms with van der Waals surface area (Å²) < 4.78 is 5.63. The van der Waals surface area contributed by atoms with Gasteiger partial charge in [-0.1, -0.05) is 0 Å². The quantitative estimate of drug-likeness (QED) is 0.695. The summed E-state index contributed by atoms with van der Waals surface area (Å²) in [6.07, 6.45) is 1.89. The minimum atomic E-state index is -0.0986. The van der Waals surface area contributed by atoms with Gasteiger partial charge in [-0.15, -0.1) is 0 Å². The number of hydrogen-bond donors (Lipinski definition) is 1. The van der Waals surface area contributed by atoms with Crippen molar-refractivity contribution in [1.82, 2.24) is 4.90 Å². The molecule has 0 saturated carbocycles. The molecule has 1 saturated heterocycles. The van der Waals surface area contributed by atoms with Crippen molar-refractivity contribution in [2.45, 2.75) is 45.3 Å². The van der Waals surface area contributed by atoms with Gasteiger partial charge in [-0.25, -0.2) is 0 Å². The largest absolute Gasteiger partial charge is 0.392 e. The minimum Gasteiger partial charge on any atom is -0.392 e. The summed E-state index contributed by atoms with van der Waals surface area (Å²) in [5, 5.41) is 9.31. The molecule has 1 rings (SSSR count). The van der Waals surface area contributed by atoms with Crippen molar-refractivity contribution >= 4 is 0 Å². The topological polar surface area (TPSA) is 32.7 Å². The van der Waals surface area contributed by atoms with E-state index in [2.05, 4.69) is 25.7 Å². The van der Waals surface area contributed by atoms with Crippen LogP contribution in [0.5, 0.6) is 0 Å². The van der Waals surface area contributed by atoms with Crippen LogP contribution >= 0.6 is 0 Å². The van der Waals surface area contributed by atoms with Gasteiger partial charge in [-0.3, -0.25) is 0 Å². The highest BCUT2D eigenvalue weighted by Crippen LogP contribution is 2.10. The number of β-amino-alcohol motifs (C(OH)–C–C–N with tert-alkyl or cyclic N) is 1. The number of likely N-dealkylation sites (tertiary alicyclic amines) is 1. The summed E-state index contributed by atoms with van der Waals surface area (Å²) in [7, 11) is 0. The van der Waals surface area contributed by atoms with Crippen LogP contribution in [0.4, 0.5) is 0 Å². The number of nitrogens with zero attached hydrogens (tertiary/aromatic N) is 1. The molecule has 14 heavy (non-hydrogen) atoms. The molecule has 0 bridgehead atoms. The molecule has 0 aromatic rings. The van der Waals surface area contributed by atoms with E-state index in [-0.39, 0.29) is 11.7 Å². The molecule has 1 N–H and O–H groups in total. The first-order valence-electron chi connectivity index (χ1n) is 5.52. The van der Waals surface area contributed by atoms with E-state index in [1.54, 1.807) is 0 Å². The summed E-state index contributed by atoms with van der Waals surface area (Å²) in [4.78, 5) is 2.30. The number of hydrogen-bond acceptors (Lipinski definition) is 3. The van der Waals surface area contributed by atoms with Crippen LogP contribution in [-0.2, 0) is 4.74 Å². The predicted octanol–water partition coefficient (Wildman–Crippen LogP) is 1.26. The van der Waals surface area contributed by atoms with Gasteiger partial charge in [0.1, 0.15) is 0 Å². The van der Waals surface area contributed by atoms with Crippen LogP contribution in [0.3, 0.4) is 0 Å². The van der Waals surface area contributed by atoms with E-state index >= 15 is 0 Å². The number of aliphatic hydroxyl groups is 1. The van der Waals surface area contributed by atoms with E-state index < -0.39 is 0 Å². The lowest BCUT2D eigenvalue weighted by atomic mass is 10.2. The van der Waals surface area contributed by atoms with Crippen molar-refractivity contribution in [1.29, 1.82) is 0 Å². The van der Waals surface area contributed by atoms with Crippen molar-refractivity contribution in [3.63, 3.8) is 0 Å². The highest BCUT2D eigenvalue weighted by Gasteiger charge is 2.19. The number of aliphatic hydroxyl groups excluding tert-OH is 1. The van der Waals surface area contributed by atoms with Gasteiger partial charge in [-0.2, -0.15) is 0 Å². The first-order valence-corrected chi connectivity index (χ1v) is 5.52. The van der Waals surface area contributed by atoms with Crippen LogP contribution in [0.2, 0.25) is 0 Å². The molecule has 3 heteroatoms. The lowest BCUT2D eigenvalue weighted by molar-refractivity contribution is -0.00661. The lowest BCUT2D eigenvalue weighted by Crippen LogP contribution is -2.26. The highest BCUT2D eigenvalue weighted by atomic mass is 16.5. The highest BCUT2D eigenvalue weighted by molar-refractivity contribution is 4.73. The predicted molar refractivity (Wildman–Crippen MR) is 57.4 cm³/mol. The zero-order valence-corrected chi connectivity index (χ0v) is 9.62. The molecule has 1 fully saturated rings. The summed E-state index contributed by atoms with van der Waals surface area (Å²) >= 11 is 0. The van der Waals surface area contributed by atoms with E-state index in [0.717, 1.165) is 39.1 Å². The fraction of sp³-hybridized carbons (Fsp3) is 1.00. The molecule has 1 aliphatic heterocycles. The molecule has 1 unspecified atom stereocenters. The molecular formula is C11H23NO2. The Morgan fingerprint density at radius 2 is 2.14 bits per heavy atom. The molecule has 0 radical (unpaired) electrons. The molecule has 0 aromatic heterocycles. The summed E-state index contributed by atoms with van der Waals surface area (Å²) in [5.74, 6) is 0. The maximum atomic E-state index is 9.31. The van der Waals surface area contributed by atoms with Crippen LogP contribution in [0, 0.1) is 0 Å². The van der Waals surface area contributed by atoms with Gasteiger partial charge in [0, 0.05) is 26.2 Å². The second kappa shape index (κ2) is 5.10. The molecule has 0 aliphatic carbocycles. The van der Waals surface area contributed by atoms with Crippen molar-refractivity contribution in [3.05, 3.63) is 0 Å². The maximum absolute atomic E-state index is 9.31. The molecule has 1 aliphatic rings. The minimum absolute atomic E-state index is 0.0233. The Kier molecular flexibility index (Phi) is 4.35. The van der Waals surface area contributed by atoms with Crippen LogP contribution in [0.1, 0.15) is 33.6 Å². The summed E-state index contributed by atoms with van der Waals surface area (Å²) in [5.41, 5.74) is -0.0233. The molecule has 1 atom stereocenters. The van der Waals surface area contributed by atoms with Gasteiger partial charge in [0.15, 0.2) is 0 Å². The van der Waals surface area contributed by atoms with Crippen LogP contribution in [0.25, 0.3) is 0 Å². The van der Waals surface area contributed by atoms with Crippen LogP contribution < -0.4 is 0 Å². The van der Waals surface area contributed by atoms with Crippen LogP contribution in [-0.4, -0.2) is 48.0 Å². The average Bonchev–Trinajstić information content (AvgIpc) is 2.44. The van der Waals surface area contributed by atoms with Gasteiger partial charge in [0.05, 0.1) is 11.7 Å². The monoisotopic (exact) mass is 201 g/mol. The fourth-order valence-corrected chi connectivity index (χ4v) is 1.68. The Bertz CT molecular complexity index is 165. The zero-order valence-electron chi connectivity index (χ0n) is 9.62. The van der Waals surface area contributed by atoms with Gasteiger partial charge < -0.3 is 14.7 Å². The van der Waals surface area contributed by atoms with Gasteiger partial charge >= 0.3 is 0 Å². The van der Waals surface area contributed by atoms with Gasteiger partial charge in [0.2, 0.25) is 0 Å². The van der Waals surface area contributed by atoms with E-state index in [4.69, 9.17) is 4.74 Å². The summed E-state index contributed by atoms with van der Waals surface area (Å²) in [6.45, 7) is 9.97. The Balaban J connectivity index is 1.99. The van der Waals surface area contributed by atoms with Crippen LogP contribution in [0.15, 0.2) is 0 Å². The molecule has 0 amide bonds. The molecular weight excluding hydrogens is 178 g/mol. The third-order valence-electron chi connectivity index (χ3n) is 2.40. The zero-order chi connectivity index (χ0) is 10.6. The standard InChI is InChI=1S/C11H23NO2/c1-11(2,3)14-8-4-6-12-7-5-10(13)9-12/h10,13H,4-9H2,1-3H3. The van der Waals surface area contributed by atoms with Crippen molar-refractivity contribution in [2.24, 2.45) is 0 Å². The van der Waals surface area contributed by atoms with E-state index in [1.807, 2.05) is 0 Å². The van der Waals surface area contributed by atoms with Gasteiger partial charge in [0.25, 0.3) is 0 Å². The SMILES string of the molecule is CC(C)(C)OCCCN1CCC(O)C1. The smallest absolute Gasteiger partial charge is 0.0679 e. The van der Waals surface area contributed by atoms with Gasteiger partial charge in [-0.05, 0) is 33.6 Å². The second-order valence-electron chi connectivity index (χ2n) is 5.06. The molecule has 0 aromatic carbocycles. The Morgan fingerprint density at radius 3 is 2.64 bits per heavy atom. The third-order valence-corrected chi connectivity index (χ3v) is 2.40. The maximum Gasteiger partial charge on any atom is 0.0679 e. The van der Waals surface area contributed by atoms with Crippen molar-refractivity contribution in [2.75, 3.05) is 26.2 Å². The Labute approximate surface area is 87.1 Å². The first-order chi connectivity index (χ1) is 6.47. The Hall–Kier alpha value is -0.120. The average molecular weight is 201 g/mol. The van der Waals surface area contributed by atoms with E-state index in [0.29, 0.717) is 0 Å². The summed E-state index contributed by atoms with van der Waals surface area (Å²) in [6, 6.07) is 0. The molecule has 1 heterocycles. The first kappa shape index (κ1) is 12.0. The molecule has 3 nitrogen and oxygen atoms in total. The normalized spacial score (nSPS) is 24.4. The molecule has 84 valence electrons. The third kappa shape index (κ3) is 4.94. The number of ether oxygens (including phenoxy) is 1. The second-order valence-corrected chi connectivity index (χ2v) is 5.06. The fourth-order valence-electron chi connectivity index (χ4n) is 1.68. The Morgan fingerprint density at radius 1 is 1.43 bits per heavy atom. The van der Waals surface area contributed by atoms with Crippen molar-refractivity contribution in [3.8, 4) is 0 Å².